The fraction of sp³-hybridized carbons (Fsp3) is 0.577. The van der Waals surface area contributed by atoms with Crippen molar-refractivity contribution in [3.05, 3.63) is 42.1 Å². The Morgan fingerprint density at radius 1 is 1.03 bits per heavy atom. The van der Waals surface area contributed by atoms with Crippen molar-refractivity contribution in [1.82, 2.24) is 20.1 Å². The number of fused-ring (bicyclic) bond motifs is 1. The number of nitrogens with zero attached hydrogens (tertiary/aromatic N) is 3. The van der Waals surface area contributed by atoms with Crippen molar-refractivity contribution in [3.8, 4) is 0 Å². The normalized spacial score (nSPS) is 25.4. The first-order chi connectivity index (χ1) is 16.1. The fourth-order valence-electron chi connectivity index (χ4n) is 5.84. The maximum Gasteiger partial charge on any atom is 0.253 e. The standard InChI is InChI=1S/C26H34N4O3/c31-22-16-24(25(32)28-20-6-2-1-3-7-20)30(17-22)21-10-13-29(14-11-21)26(33)19-8-9-23-18(15-19)5-4-12-27-23/h4-5,8-9,12,15,20-22,24,31H,1-3,6-7,10-11,13-14,16-17H2,(H,28,32). The van der Waals surface area contributed by atoms with Gasteiger partial charge < -0.3 is 15.3 Å². The molecule has 2 N–H and O–H groups in total. The van der Waals surface area contributed by atoms with Crippen molar-refractivity contribution in [2.75, 3.05) is 19.6 Å². The first kappa shape index (κ1) is 22.3. The molecule has 1 aromatic carbocycles. The molecule has 2 saturated heterocycles. The molecule has 1 saturated carbocycles. The molecule has 176 valence electrons. The van der Waals surface area contributed by atoms with Crippen LogP contribution in [0.15, 0.2) is 36.5 Å². The smallest absolute Gasteiger partial charge is 0.253 e. The average Bonchev–Trinajstić information content (AvgIpc) is 3.26. The molecule has 7 nitrogen and oxygen atoms in total. The first-order valence-corrected chi connectivity index (χ1v) is 12.5. The molecule has 0 spiro atoms. The number of amides is 2. The molecule has 0 radical (unpaired) electrons. The third-order valence-corrected chi connectivity index (χ3v) is 7.64. The molecule has 2 aromatic rings. The van der Waals surface area contributed by atoms with Crippen LogP contribution in [0.25, 0.3) is 10.9 Å². The monoisotopic (exact) mass is 450 g/mol. The number of rotatable bonds is 4. The van der Waals surface area contributed by atoms with Gasteiger partial charge in [-0.15, -0.1) is 0 Å². The Balaban J connectivity index is 1.20. The summed E-state index contributed by atoms with van der Waals surface area (Å²) in [5.41, 5.74) is 1.58. The summed E-state index contributed by atoms with van der Waals surface area (Å²) in [5.74, 6) is 0.119. The SMILES string of the molecule is O=C(NC1CCCCC1)C1CC(O)CN1C1CCN(C(=O)c2ccc3ncccc3c2)CC1. The van der Waals surface area contributed by atoms with Crippen molar-refractivity contribution >= 4 is 22.7 Å². The van der Waals surface area contributed by atoms with E-state index in [1.165, 1.54) is 19.3 Å². The summed E-state index contributed by atoms with van der Waals surface area (Å²) >= 11 is 0. The van der Waals surface area contributed by atoms with Gasteiger partial charge in [0.25, 0.3) is 5.91 Å². The van der Waals surface area contributed by atoms with E-state index in [4.69, 9.17) is 0 Å². The Bertz CT molecular complexity index is 998. The van der Waals surface area contributed by atoms with Gasteiger partial charge in [-0.25, -0.2) is 0 Å². The maximum absolute atomic E-state index is 13.1. The molecule has 7 heteroatoms. The van der Waals surface area contributed by atoms with E-state index >= 15 is 0 Å². The minimum absolute atomic E-state index is 0.0484. The molecule has 1 aliphatic carbocycles. The summed E-state index contributed by atoms with van der Waals surface area (Å²) in [7, 11) is 0. The van der Waals surface area contributed by atoms with Gasteiger partial charge in [0.1, 0.15) is 0 Å². The molecule has 0 bridgehead atoms. The number of pyridine rings is 1. The molecule has 2 atom stereocenters. The summed E-state index contributed by atoms with van der Waals surface area (Å²) < 4.78 is 0. The quantitative estimate of drug-likeness (QED) is 0.748. The van der Waals surface area contributed by atoms with Gasteiger partial charge in [-0.3, -0.25) is 19.5 Å². The maximum atomic E-state index is 13.1. The molecule has 3 fully saturated rings. The van der Waals surface area contributed by atoms with Crippen LogP contribution in [0.3, 0.4) is 0 Å². The summed E-state index contributed by atoms with van der Waals surface area (Å²) in [5, 5.41) is 14.6. The number of hydrogen-bond donors (Lipinski definition) is 2. The molecule has 2 amide bonds. The van der Waals surface area contributed by atoms with E-state index in [2.05, 4.69) is 15.2 Å². The third-order valence-electron chi connectivity index (χ3n) is 7.64. The Labute approximate surface area is 195 Å². The highest BCUT2D eigenvalue weighted by molar-refractivity contribution is 5.98. The second kappa shape index (κ2) is 9.77. The number of hydrogen-bond acceptors (Lipinski definition) is 5. The fourth-order valence-corrected chi connectivity index (χ4v) is 5.84. The van der Waals surface area contributed by atoms with Crippen LogP contribution in [0.2, 0.25) is 0 Å². The molecule has 1 aromatic heterocycles. The van der Waals surface area contributed by atoms with Gasteiger partial charge in [0.15, 0.2) is 0 Å². The Morgan fingerprint density at radius 3 is 2.61 bits per heavy atom. The number of aliphatic hydroxyl groups excluding tert-OH is 1. The second-order valence-corrected chi connectivity index (χ2v) is 9.88. The highest BCUT2D eigenvalue weighted by atomic mass is 16.3. The number of likely N-dealkylation sites (tertiary alicyclic amines) is 2. The largest absolute Gasteiger partial charge is 0.392 e. The van der Waals surface area contributed by atoms with Crippen LogP contribution in [0.5, 0.6) is 0 Å². The number of nitrogens with one attached hydrogen (secondary N) is 1. The number of aliphatic hydroxyl groups is 1. The van der Waals surface area contributed by atoms with E-state index in [9.17, 15) is 14.7 Å². The zero-order valence-electron chi connectivity index (χ0n) is 19.2. The molecule has 3 aliphatic rings. The lowest BCUT2D eigenvalue weighted by Gasteiger charge is -2.39. The topological polar surface area (TPSA) is 85.8 Å². The van der Waals surface area contributed by atoms with Crippen molar-refractivity contribution in [1.29, 1.82) is 0 Å². The van der Waals surface area contributed by atoms with Crippen LogP contribution in [-0.4, -0.2) is 75.6 Å². The lowest BCUT2D eigenvalue weighted by Crippen LogP contribution is -2.53. The van der Waals surface area contributed by atoms with Crippen molar-refractivity contribution < 1.29 is 14.7 Å². The third kappa shape index (κ3) is 4.89. The lowest BCUT2D eigenvalue weighted by atomic mass is 9.95. The van der Waals surface area contributed by atoms with E-state index in [1.807, 2.05) is 35.2 Å². The minimum Gasteiger partial charge on any atom is -0.392 e. The molecule has 2 aliphatic heterocycles. The molecule has 3 heterocycles. The van der Waals surface area contributed by atoms with E-state index in [-0.39, 0.29) is 29.9 Å². The zero-order valence-corrected chi connectivity index (χ0v) is 19.2. The Hall–Kier alpha value is -2.51. The van der Waals surface area contributed by atoms with Gasteiger partial charge in [0.05, 0.1) is 17.7 Å². The highest BCUT2D eigenvalue weighted by Gasteiger charge is 2.41. The van der Waals surface area contributed by atoms with E-state index in [1.54, 1.807) is 6.20 Å². The van der Waals surface area contributed by atoms with Crippen LogP contribution in [0.4, 0.5) is 0 Å². The van der Waals surface area contributed by atoms with Gasteiger partial charge in [0, 0.05) is 48.9 Å². The zero-order chi connectivity index (χ0) is 22.8. The van der Waals surface area contributed by atoms with Crippen molar-refractivity contribution in [2.24, 2.45) is 0 Å². The molecular formula is C26H34N4O3. The van der Waals surface area contributed by atoms with Crippen molar-refractivity contribution in [3.63, 3.8) is 0 Å². The number of piperidine rings is 1. The van der Waals surface area contributed by atoms with Crippen molar-refractivity contribution in [2.45, 2.75) is 75.6 Å². The lowest BCUT2D eigenvalue weighted by molar-refractivity contribution is -0.127. The summed E-state index contributed by atoms with van der Waals surface area (Å²) in [6, 6.07) is 9.76. The van der Waals surface area contributed by atoms with Gasteiger partial charge in [-0.2, -0.15) is 0 Å². The predicted molar refractivity (Wildman–Crippen MR) is 127 cm³/mol. The van der Waals surface area contributed by atoms with Crippen LogP contribution >= 0.6 is 0 Å². The summed E-state index contributed by atoms with van der Waals surface area (Å²) in [6.45, 7) is 1.87. The first-order valence-electron chi connectivity index (χ1n) is 12.5. The molecule has 2 unspecified atom stereocenters. The van der Waals surface area contributed by atoms with Crippen LogP contribution in [-0.2, 0) is 4.79 Å². The van der Waals surface area contributed by atoms with E-state index in [0.29, 0.717) is 31.6 Å². The van der Waals surface area contributed by atoms with Gasteiger partial charge in [-0.05, 0) is 56.4 Å². The summed E-state index contributed by atoms with van der Waals surface area (Å²) in [6.07, 6.45) is 9.19. The second-order valence-electron chi connectivity index (χ2n) is 9.88. The number of benzene rings is 1. The Kier molecular flexibility index (Phi) is 6.60. The van der Waals surface area contributed by atoms with Gasteiger partial charge >= 0.3 is 0 Å². The highest BCUT2D eigenvalue weighted by Crippen LogP contribution is 2.28. The number of carbonyl (C=O) groups is 2. The number of aromatic nitrogens is 1. The van der Waals surface area contributed by atoms with Crippen LogP contribution in [0, 0.1) is 0 Å². The van der Waals surface area contributed by atoms with E-state index in [0.717, 1.165) is 36.6 Å². The Morgan fingerprint density at radius 2 is 1.82 bits per heavy atom. The molecular weight excluding hydrogens is 416 g/mol. The van der Waals surface area contributed by atoms with Crippen LogP contribution < -0.4 is 5.32 Å². The average molecular weight is 451 g/mol. The number of β-amino-alcohol motifs (C(OH)–C–C–N with tert-alkyl or cyclic N) is 1. The van der Waals surface area contributed by atoms with Crippen LogP contribution in [0.1, 0.15) is 61.7 Å². The summed E-state index contributed by atoms with van der Waals surface area (Å²) in [4.78, 5) is 34.6. The molecule has 5 rings (SSSR count). The van der Waals surface area contributed by atoms with Gasteiger partial charge in [-0.1, -0.05) is 25.3 Å². The minimum atomic E-state index is -0.460. The van der Waals surface area contributed by atoms with Gasteiger partial charge in [0.2, 0.25) is 5.91 Å². The predicted octanol–water partition coefficient (Wildman–Crippen LogP) is 2.72. The number of carbonyl (C=O) groups excluding carboxylic acids is 2. The van der Waals surface area contributed by atoms with E-state index < -0.39 is 6.10 Å². The molecule has 33 heavy (non-hydrogen) atoms.